The van der Waals surface area contributed by atoms with E-state index in [1.54, 1.807) is 6.08 Å². The van der Waals surface area contributed by atoms with Crippen LogP contribution in [0.15, 0.2) is 39.2 Å². The molecule has 0 unspecified atom stereocenters. The first-order valence-electron chi connectivity index (χ1n) is 9.35. The molecule has 0 spiro atoms. The van der Waals surface area contributed by atoms with Crippen LogP contribution in [0.4, 0.5) is 5.00 Å². The van der Waals surface area contributed by atoms with Crippen molar-refractivity contribution in [3.05, 3.63) is 56.6 Å². The van der Waals surface area contributed by atoms with Gasteiger partial charge in [0.05, 0.1) is 12.7 Å². The standard InChI is InChI=1S/C22H20BrNO4S/c1-12-3-6-16-18(9-12)29-21(20(16)22(26)27-2)24-19(25)8-5-15-11-13-10-14(23)4-7-17(13)28-15/h4-5,7-8,10-12H,3,6,9H2,1-2H3,(H,24,25)/b8-5+/t12-/m1/s1. The highest BCUT2D eigenvalue weighted by Crippen LogP contribution is 2.40. The Morgan fingerprint density at radius 3 is 2.97 bits per heavy atom. The molecule has 29 heavy (non-hydrogen) atoms. The van der Waals surface area contributed by atoms with Crippen molar-refractivity contribution >= 4 is 61.2 Å². The van der Waals surface area contributed by atoms with E-state index in [1.807, 2.05) is 24.3 Å². The largest absolute Gasteiger partial charge is 0.465 e. The van der Waals surface area contributed by atoms with Crippen molar-refractivity contribution in [3.63, 3.8) is 0 Å². The van der Waals surface area contributed by atoms with Gasteiger partial charge in [0.25, 0.3) is 0 Å². The van der Waals surface area contributed by atoms with Crippen LogP contribution in [0.3, 0.4) is 0 Å². The van der Waals surface area contributed by atoms with E-state index in [0.29, 0.717) is 22.2 Å². The Morgan fingerprint density at radius 2 is 2.17 bits per heavy atom. The highest BCUT2D eigenvalue weighted by molar-refractivity contribution is 9.10. The molecular formula is C22H20BrNO4S. The van der Waals surface area contributed by atoms with Gasteiger partial charge in [0, 0.05) is 20.8 Å². The maximum absolute atomic E-state index is 12.5. The van der Waals surface area contributed by atoms with E-state index in [0.717, 1.165) is 45.1 Å². The number of ether oxygens (including phenoxy) is 1. The molecule has 1 aliphatic rings. The molecule has 0 saturated heterocycles. The summed E-state index contributed by atoms with van der Waals surface area (Å²) in [7, 11) is 1.36. The lowest BCUT2D eigenvalue weighted by Gasteiger charge is -2.18. The van der Waals surface area contributed by atoms with Gasteiger partial charge < -0.3 is 14.5 Å². The van der Waals surface area contributed by atoms with Crippen LogP contribution in [-0.4, -0.2) is 19.0 Å². The van der Waals surface area contributed by atoms with Gasteiger partial charge >= 0.3 is 5.97 Å². The first-order chi connectivity index (χ1) is 13.9. The van der Waals surface area contributed by atoms with E-state index in [1.165, 1.54) is 24.5 Å². The molecule has 0 bridgehead atoms. The average Bonchev–Trinajstić information content (AvgIpc) is 3.25. The Balaban J connectivity index is 1.55. The molecule has 0 radical (unpaired) electrons. The van der Waals surface area contributed by atoms with Gasteiger partial charge in [-0.05, 0) is 61.1 Å². The topological polar surface area (TPSA) is 68.5 Å². The van der Waals surface area contributed by atoms with Crippen molar-refractivity contribution in [2.24, 2.45) is 5.92 Å². The quantitative estimate of drug-likeness (QED) is 0.382. The zero-order valence-corrected chi connectivity index (χ0v) is 18.5. The molecule has 3 aromatic rings. The van der Waals surface area contributed by atoms with Crippen LogP contribution in [0.25, 0.3) is 17.0 Å². The van der Waals surface area contributed by atoms with E-state index < -0.39 is 5.97 Å². The SMILES string of the molecule is COC(=O)c1c(NC(=O)/C=C/c2cc3cc(Br)ccc3o2)sc2c1CC[C@@H](C)C2. The van der Waals surface area contributed by atoms with E-state index in [-0.39, 0.29) is 5.91 Å². The molecule has 1 aliphatic carbocycles. The number of methoxy groups -OCH3 is 1. The van der Waals surface area contributed by atoms with Gasteiger partial charge in [0.15, 0.2) is 0 Å². The summed E-state index contributed by atoms with van der Waals surface area (Å²) in [5, 5.41) is 4.36. The molecule has 0 fully saturated rings. The fourth-order valence-corrected chi connectivity index (χ4v) is 5.37. The molecular weight excluding hydrogens is 454 g/mol. The Bertz CT molecular complexity index is 1130. The van der Waals surface area contributed by atoms with Crippen LogP contribution in [0.5, 0.6) is 0 Å². The van der Waals surface area contributed by atoms with Gasteiger partial charge in [-0.15, -0.1) is 11.3 Å². The van der Waals surface area contributed by atoms with Crippen molar-refractivity contribution < 1.29 is 18.7 Å². The number of thiophene rings is 1. The molecule has 2 aromatic heterocycles. The molecule has 150 valence electrons. The number of furan rings is 1. The zero-order chi connectivity index (χ0) is 20.5. The first-order valence-corrected chi connectivity index (χ1v) is 11.0. The predicted octanol–water partition coefficient (Wildman–Crippen LogP) is 5.82. The first kappa shape index (κ1) is 19.9. The number of esters is 1. The monoisotopic (exact) mass is 473 g/mol. The molecule has 0 saturated carbocycles. The number of rotatable bonds is 4. The summed E-state index contributed by atoms with van der Waals surface area (Å²) in [6, 6.07) is 7.60. The molecule has 0 aliphatic heterocycles. The Morgan fingerprint density at radius 1 is 1.34 bits per heavy atom. The molecule has 4 rings (SSSR count). The van der Waals surface area contributed by atoms with Gasteiger partial charge in [-0.2, -0.15) is 0 Å². The predicted molar refractivity (Wildman–Crippen MR) is 118 cm³/mol. The number of carbonyl (C=O) groups excluding carboxylic acids is 2. The van der Waals surface area contributed by atoms with Gasteiger partial charge in [-0.25, -0.2) is 4.79 Å². The minimum absolute atomic E-state index is 0.316. The van der Waals surface area contributed by atoms with Crippen molar-refractivity contribution in [2.45, 2.75) is 26.2 Å². The number of hydrogen-bond acceptors (Lipinski definition) is 5. The van der Waals surface area contributed by atoms with Crippen molar-refractivity contribution in [3.8, 4) is 0 Å². The van der Waals surface area contributed by atoms with E-state index >= 15 is 0 Å². The summed E-state index contributed by atoms with van der Waals surface area (Å²) in [5.74, 6) is 0.437. The van der Waals surface area contributed by atoms with Gasteiger partial charge in [0.2, 0.25) is 5.91 Å². The summed E-state index contributed by atoms with van der Waals surface area (Å²) in [6.07, 6.45) is 5.82. The number of halogens is 1. The molecule has 5 nitrogen and oxygen atoms in total. The van der Waals surface area contributed by atoms with Crippen molar-refractivity contribution in [1.82, 2.24) is 0 Å². The van der Waals surface area contributed by atoms with Crippen LogP contribution in [0, 0.1) is 5.92 Å². The van der Waals surface area contributed by atoms with E-state index in [9.17, 15) is 9.59 Å². The molecule has 1 atom stereocenters. The maximum atomic E-state index is 12.5. The molecule has 1 amide bonds. The molecule has 7 heteroatoms. The third kappa shape index (κ3) is 4.16. The summed E-state index contributed by atoms with van der Waals surface area (Å²) < 4.78 is 11.6. The number of carbonyl (C=O) groups is 2. The van der Waals surface area contributed by atoms with Crippen molar-refractivity contribution in [1.29, 1.82) is 0 Å². The Labute approximate surface area is 180 Å². The fraction of sp³-hybridized carbons (Fsp3) is 0.273. The average molecular weight is 474 g/mol. The Hall–Kier alpha value is -2.38. The van der Waals surface area contributed by atoms with Crippen LogP contribution in [0.2, 0.25) is 0 Å². The summed E-state index contributed by atoms with van der Waals surface area (Å²) in [4.78, 5) is 26.0. The number of amides is 1. The van der Waals surface area contributed by atoms with E-state index in [2.05, 4.69) is 28.2 Å². The highest BCUT2D eigenvalue weighted by atomic mass is 79.9. The normalized spacial score (nSPS) is 16.2. The highest BCUT2D eigenvalue weighted by Gasteiger charge is 2.28. The third-order valence-corrected chi connectivity index (χ3v) is 6.70. The third-order valence-electron chi connectivity index (χ3n) is 5.03. The second-order valence-electron chi connectivity index (χ2n) is 7.20. The molecule has 1 N–H and O–H groups in total. The van der Waals surface area contributed by atoms with Crippen LogP contribution >= 0.6 is 27.3 Å². The van der Waals surface area contributed by atoms with Crippen LogP contribution in [0.1, 0.15) is 39.9 Å². The lowest BCUT2D eigenvalue weighted by molar-refractivity contribution is -0.111. The summed E-state index contributed by atoms with van der Waals surface area (Å²) >= 11 is 4.90. The lowest BCUT2D eigenvalue weighted by Crippen LogP contribution is -2.14. The minimum Gasteiger partial charge on any atom is -0.465 e. The lowest BCUT2D eigenvalue weighted by atomic mass is 9.88. The molecule has 1 aromatic carbocycles. The van der Waals surface area contributed by atoms with Crippen molar-refractivity contribution in [2.75, 3.05) is 12.4 Å². The second-order valence-corrected chi connectivity index (χ2v) is 9.22. The molecule has 2 heterocycles. The second kappa shape index (κ2) is 8.16. The summed E-state index contributed by atoms with van der Waals surface area (Å²) in [5.41, 5.74) is 2.26. The fourth-order valence-electron chi connectivity index (χ4n) is 3.59. The zero-order valence-electron chi connectivity index (χ0n) is 16.1. The Kier molecular flexibility index (Phi) is 5.61. The number of anilines is 1. The van der Waals surface area contributed by atoms with Crippen LogP contribution < -0.4 is 5.32 Å². The number of nitrogens with one attached hydrogen (secondary N) is 1. The van der Waals surface area contributed by atoms with E-state index in [4.69, 9.17) is 9.15 Å². The number of hydrogen-bond donors (Lipinski definition) is 1. The summed E-state index contributed by atoms with van der Waals surface area (Å²) in [6.45, 7) is 2.20. The smallest absolute Gasteiger partial charge is 0.341 e. The number of benzene rings is 1. The van der Waals surface area contributed by atoms with Gasteiger partial charge in [0.1, 0.15) is 16.3 Å². The van der Waals surface area contributed by atoms with Gasteiger partial charge in [-0.3, -0.25) is 4.79 Å². The minimum atomic E-state index is -0.404. The maximum Gasteiger partial charge on any atom is 0.341 e. The van der Waals surface area contributed by atoms with Gasteiger partial charge in [-0.1, -0.05) is 22.9 Å². The van der Waals surface area contributed by atoms with Crippen LogP contribution in [-0.2, 0) is 22.4 Å². The number of fused-ring (bicyclic) bond motifs is 2.